The van der Waals surface area contributed by atoms with Crippen LogP contribution in [0.25, 0.3) is 0 Å². The Hall–Kier alpha value is -0.570. The van der Waals surface area contributed by atoms with Crippen molar-refractivity contribution in [2.24, 2.45) is 0 Å². The molecule has 0 amide bonds. The first-order valence-electron chi connectivity index (χ1n) is 7.01. The summed E-state index contributed by atoms with van der Waals surface area (Å²) in [6, 6.07) is 8.95. The summed E-state index contributed by atoms with van der Waals surface area (Å²) in [5.74, 6) is 0. The molecule has 100 valence electrons. The first kappa shape index (κ1) is 13.9. The van der Waals surface area contributed by atoms with Crippen molar-refractivity contribution in [1.82, 2.24) is 10.2 Å². The van der Waals surface area contributed by atoms with Crippen LogP contribution in [0.4, 0.5) is 0 Å². The first-order chi connectivity index (χ1) is 8.81. The molecule has 18 heavy (non-hydrogen) atoms. The van der Waals surface area contributed by atoms with Gasteiger partial charge in [-0.25, -0.2) is 0 Å². The van der Waals surface area contributed by atoms with Gasteiger partial charge in [0, 0.05) is 37.2 Å². The fraction of sp³-hybridized carbons (Fsp3) is 0.600. The molecular weight excluding hydrogens is 244 g/mol. The lowest BCUT2D eigenvalue weighted by molar-refractivity contribution is 0.163. The Morgan fingerprint density at radius 3 is 2.50 bits per heavy atom. The van der Waals surface area contributed by atoms with Crippen molar-refractivity contribution in [2.45, 2.75) is 32.2 Å². The van der Waals surface area contributed by atoms with Crippen LogP contribution in [0.5, 0.6) is 0 Å². The van der Waals surface area contributed by atoms with Crippen molar-refractivity contribution in [3.63, 3.8) is 0 Å². The lowest BCUT2D eigenvalue weighted by atomic mass is 9.99. The largest absolute Gasteiger partial charge is 0.314 e. The third kappa shape index (κ3) is 3.71. The Morgan fingerprint density at radius 2 is 1.89 bits per heavy atom. The topological polar surface area (TPSA) is 15.3 Å². The summed E-state index contributed by atoms with van der Waals surface area (Å²) in [7, 11) is 0. The highest BCUT2D eigenvalue weighted by Crippen LogP contribution is 2.27. The van der Waals surface area contributed by atoms with Crippen LogP contribution < -0.4 is 5.32 Å². The van der Waals surface area contributed by atoms with Gasteiger partial charge in [0.2, 0.25) is 0 Å². The highest BCUT2D eigenvalue weighted by atomic mass is 35.5. The summed E-state index contributed by atoms with van der Waals surface area (Å²) in [5.41, 5.74) is 1.41. The SMILES string of the molecule is CCCCC(c1ccc(Cl)cc1)N1CCNCC1. The summed E-state index contributed by atoms with van der Waals surface area (Å²) in [4.78, 5) is 2.61. The van der Waals surface area contributed by atoms with Crippen molar-refractivity contribution >= 4 is 11.6 Å². The molecule has 1 saturated heterocycles. The zero-order valence-corrected chi connectivity index (χ0v) is 11.9. The second-order valence-corrected chi connectivity index (χ2v) is 5.43. The summed E-state index contributed by atoms with van der Waals surface area (Å²) in [6.45, 7) is 6.77. The smallest absolute Gasteiger partial charge is 0.0406 e. The zero-order valence-electron chi connectivity index (χ0n) is 11.2. The molecule has 1 aromatic carbocycles. The molecular formula is C15H23ClN2. The molecule has 0 aromatic heterocycles. The van der Waals surface area contributed by atoms with Crippen molar-refractivity contribution in [2.75, 3.05) is 26.2 Å². The normalized spacial score (nSPS) is 18.8. The Bertz CT molecular complexity index is 344. The van der Waals surface area contributed by atoms with E-state index in [0.717, 1.165) is 31.2 Å². The van der Waals surface area contributed by atoms with Crippen LogP contribution in [0.2, 0.25) is 5.02 Å². The van der Waals surface area contributed by atoms with E-state index in [4.69, 9.17) is 11.6 Å². The fourth-order valence-electron chi connectivity index (χ4n) is 2.64. The maximum Gasteiger partial charge on any atom is 0.0406 e. The number of hydrogen-bond donors (Lipinski definition) is 1. The minimum Gasteiger partial charge on any atom is -0.314 e. The molecule has 0 saturated carbocycles. The van der Waals surface area contributed by atoms with Crippen LogP contribution >= 0.6 is 11.6 Å². The van der Waals surface area contributed by atoms with Gasteiger partial charge in [-0.3, -0.25) is 4.90 Å². The molecule has 0 radical (unpaired) electrons. The Labute approximate surface area is 115 Å². The van der Waals surface area contributed by atoms with Crippen LogP contribution in [0.3, 0.4) is 0 Å². The molecule has 0 aliphatic carbocycles. The third-order valence-corrected chi connectivity index (χ3v) is 3.93. The van der Waals surface area contributed by atoms with Crippen molar-refractivity contribution in [3.8, 4) is 0 Å². The van der Waals surface area contributed by atoms with E-state index < -0.39 is 0 Å². The Balaban J connectivity index is 2.10. The van der Waals surface area contributed by atoms with Crippen LogP contribution in [0.1, 0.15) is 37.8 Å². The van der Waals surface area contributed by atoms with E-state index in [9.17, 15) is 0 Å². The van der Waals surface area contributed by atoms with E-state index in [1.807, 2.05) is 12.1 Å². The van der Waals surface area contributed by atoms with Gasteiger partial charge in [0.25, 0.3) is 0 Å². The van der Waals surface area contributed by atoms with Crippen LogP contribution in [0.15, 0.2) is 24.3 Å². The third-order valence-electron chi connectivity index (χ3n) is 3.68. The van der Waals surface area contributed by atoms with Gasteiger partial charge in [-0.2, -0.15) is 0 Å². The molecule has 2 rings (SSSR count). The quantitative estimate of drug-likeness (QED) is 0.878. The van der Waals surface area contributed by atoms with Crippen LogP contribution in [0, 0.1) is 0 Å². The van der Waals surface area contributed by atoms with Crippen molar-refractivity contribution in [3.05, 3.63) is 34.9 Å². The molecule has 0 spiro atoms. The molecule has 1 fully saturated rings. The standard InChI is InChI=1S/C15H23ClN2/c1-2-3-4-15(18-11-9-17-10-12-18)13-5-7-14(16)8-6-13/h5-8,15,17H,2-4,9-12H2,1H3. The molecule has 1 unspecified atom stereocenters. The van der Waals surface area contributed by atoms with Crippen molar-refractivity contribution < 1.29 is 0 Å². The highest BCUT2D eigenvalue weighted by Gasteiger charge is 2.21. The molecule has 1 heterocycles. The number of unbranched alkanes of at least 4 members (excludes halogenated alkanes) is 1. The molecule has 0 bridgehead atoms. The van der Waals surface area contributed by atoms with Gasteiger partial charge in [-0.15, -0.1) is 0 Å². The summed E-state index contributed by atoms with van der Waals surface area (Å²) < 4.78 is 0. The fourth-order valence-corrected chi connectivity index (χ4v) is 2.76. The number of rotatable bonds is 5. The first-order valence-corrected chi connectivity index (χ1v) is 7.39. The minimum atomic E-state index is 0.560. The second-order valence-electron chi connectivity index (χ2n) is 5.00. The number of hydrogen-bond acceptors (Lipinski definition) is 2. The molecule has 1 aromatic rings. The lowest BCUT2D eigenvalue weighted by Gasteiger charge is -2.35. The predicted octanol–water partition coefficient (Wildman–Crippen LogP) is 3.48. The molecule has 1 aliphatic heterocycles. The van der Waals surface area contributed by atoms with Gasteiger partial charge in [0.05, 0.1) is 0 Å². The number of benzene rings is 1. The number of halogens is 1. The van der Waals surface area contributed by atoms with Gasteiger partial charge >= 0.3 is 0 Å². The maximum atomic E-state index is 5.98. The van der Waals surface area contributed by atoms with Gasteiger partial charge < -0.3 is 5.32 Å². The van der Waals surface area contributed by atoms with E-state index in [1.165, 1.54) is 24.8 Å². The van der Waals surface area contributed by atoms with E-state index >= 15 is 0 Å². The minimum absolute atomic E-state index is 0.560. The molecule has 1 atom stereocenters. The van der Waals surface area contributed by atoms with Gasteiger partial charge in [-0.05, 0) is 24.1 Å². The number of nitrogens with one attached hydrogen (secondary N) is 1. The van der Waals surface area contributed by atoms with Crippen molar-refractivity contribution in [1.29, 1.82) is 0 Å². The average molecular weight is 267 g/mol. The van der Waals surface area contributed by atoms with E-state index in [2.05, 4.69) is 29.3 Å². The van der Waals surface area contributed by atoms with E-state index in [0.29, 0.717) is 6.04 Å². The molecule has 1 N–H and O–H groups in total. The number of nitrogens with zero attached hydrogens (tertiary/aromatic N) is 1. The molecule has 3 heteroatoms. The van der Waals surface area contributed by atoms with E-state index in [1.54, 1.807) is 0 Å². The average Bonchev–Trinajstić information content (AvgIpc) is 2.42. The van der Waals surface area contributed by atoms with Crippen LogP contribution in [-0.4, -0.2) is 31.1 Å². The summed E-state index contributed by atoms with van der Waals surface area (Å²) >= 11 is 5.98. The van der Waals surface area contributed by atoms with E-state index in [-0.39, 0.29) is 0 Å². The molecule has 2 nitrogen and oxygen atoms in total. The monoisotopic (exact) mass is 266 g/mol. The van der Waals surface area contributed by atoms with Gasteiger partial charge in [-0.1, -0.05) is 43.5 Å². The van der Waals surface area contributed by atoms with Gasteiger partial charge in [0.15, 0.2) is 0 Å². The molecule has 1 aliphatic rings. The number of piperazine rings is 1. The second kappa shape index (κ2) is 7.13. The summed E-state index contributed by atoms with van der Waals surface area (Å²) in [5, 5.41) is 4.25. The van der Waals surface area contributed by atoms with Gasteiger partial charge in [0.1, 0.15) is 0 Å². The predicted molar refractivity (Wildman–Crippen MR) is 78.2 cm³/mol. The summed E-state index contributed by atoms with van der Waals surface area (Å²) in [6.07, 6.45) is 3.80. The van der Waals surface area contributed by atoms with Crippen LogP contribution in [-0.2, 0) is 0 Å². The maximum absolute atomic E-state index is 5.98. The Morgan fingerprint density at radius 1 is 1.22 bits per heavy atom. The Kier molecular flexibility index (Phi) is 5.48. The zero-order chi connectivity index (χ0) is 12.8. The lowest BCUT2D eigenvalue weighted by Crippen LogP contribution is -2.45. The highest BCUT2D eigenvalue weighted by molar-refractivity contribution is 6.30.